The van der Waals surface area contributed by atoms with E-state index < -0.39 is 18.0 Å². The minimum atomic E-state index is -0.792. The highest BCUT2D eigenvalue weighted by atomic mass is 35.5. The number of nitrogens with zero attached hydrogens (tertiary/aromatic N) is 3. The number of carbonyl (C=O) groups excluding carboxylic acids is 3. The molecule has 45 heavy (non-hydrogen) atoms. The second kappa shape index (κ2) is 15.0. The van der Waals surface area contributed by atoms with Gasteiger partial charge in [-0.05, 0) is 39.6 Å². The summed E-state index contributed by atoms with van der Waals surface area (Å²) in [5, 5.41) is 11.6. The summed E-state index contributed by atoms with van der Waals surface area (Å²) in [6.45, 7) is 0.705. The lowest BCUT2D eigenvalue weighted by Crippen LogP contribution is -2.55. The number of hydrazine groups is 1. The summed E-state index contributed by atoms with van der Waals surface area (Å²) in [6.07, 6.45) is 6.00. The van der Waals surface area contributed by atoms with Crippen molar-refractivity contribution in [1.29, 1.82) is 0 Å². The van der Waals surface area contributed by atoms with Gasteiger partial charge >= 0.3 is 6.03 Å². The van der Waals surface area contributed by atoms with E-state index in [0.29, 0.717) is 23.0 Å². The van der Waals surface area contributed by atoms with E-state index in [0.717, 1.165) is 27.5 Å². The SMILES string of the molecule is C#CCN(C(=O)NCc1ccc(Cl)c(Cl)c1)N1CCN(Cc2cccc3ccccc23)C(=O)[C@H](Cc2ccccc2)NC(=O)C1. The topological polar surface area (TPSA) is 85.0 Å². The van der Waals surface area contributed by atoms with E-state index in [2.05, 4.69) is 16.6 Å². The van der Waals surface area contributed by atoms with Crippen LogP contribution >= 0.6 is 23.2 Å². The van der Waals surface area contributed by atoms with Crippen LogP contribution in [-0.4, -0.2) is 65.0 Å². The summed E-state index contributed by atoms with van der Waals surface area (Å²) in [7, 11) is 0. The summed E-state index contributed by atoms with van der Waals surface area (Å²) >= 11 is 12.2. The molecule has 10 heteroatoms. The molecule has 1 heterocycles. The van der Waals surface area contributed by atoms with E-state index in [1.165, 1.54) is 5.01 Å². The molecule has 1 atom stereocenters. The summed E-state index contributed by atoms with van der Waals surface area (Å²) < 4.78 is 0. The zero-order valence-corrected chi connectivity index (χ0v) is 26.1. The Bertz CT molecular complexity index is 1720. The predicted octanol–water partition coefficient (Wildman–Crippen LogP) is 5.28. The summed E-state index contributed by atoms with van der Waals surface area (Å²) in [5.74, 6) is 1.93. The van der Waals surface area contributed by atoms with Gasteiger partial charge in [0.25, 0.3) is 0 Å². The van der Waals surface area contributed by atoms with Crippen molar-refractivity contribution in [2.24, 2.45) is 0 Å². The number of hydrogen-bond acceptors (Lipinski definition) is 4. The first-order valence-corrected chi connectivity index (χ1v) is 15.3. The second-order valence-electron chi connectivity index (χ2n) is 10.8. The first kappa shape index (κ1) is 31.9. The van der Waals surface area contributed by atoms with E-state index in [-0.39, 0.29) is 38.6 Å². The first-order valence-electron chi connectivity index (χ1n) is 14.6. The molecule has 1 aliphatic heterocycles. The molecule has 1 aliphatic rings. The van der Waals surface area contributed by atoms with E-state index in [4.69, 9.17) is 29.6 Å². The van der Waals surface area contributed by atoms with Crippen LogP contribution in [-0.2, 0) is 29.1 Å². The Kier molecular flexibility index (Phi) is 10.6. The van der Waals surface area contributed by atoms with Crippen molar-refractivity contribution in [2.45, 2.75) is 25.6 Å². The Labute approximate surface area is 272 Å². The third-order valence-corrected chi connectivity index (χ3v) is 8.41. The number of urea groups is 1. The number of hydrogen-bond donors (Lipinski definition) is 2. The summed E-state index contributed by atoms with van der Waals surface area (Å²) in [6, 6.07) is 27.4. The number of carbonyl (C=O) groups is 3. The maximum atomic E-state index is 14.1. The van der Waals surface area contributed by atoms with Crippen molar-refractivity contribution in [3.05, 3.63) is 118 Å². The molecule has 0 spiro atoms. The van der Waals surface area contributed by atoms with Crippen LogP contribution in [0.1, 0.15) is 16.7 Å². The van der Waals surface area contributed by atoms with Crippen LogP contribution < -0.4 is 10.6 Å². The number of terminal acetylenes is 1. The molecule has 0 aromatic heterocycles. The first-order chi connectivity index (χ1) is 21.8. The normalized spacial score (nSPS) is 15.8. The molecule has 0 unspecified atom stereocenters. The van der Waals surface area contributed by atoms with E-state index >= 15 is 0 Å². The Balaban J connectivity index is 1.41. The van der Waals surface area contributed by atoms with Crippen LogP contribution in [0.25, 0.3) is 10.8 Å². The molecule has 2 N–H and O–H groups in total. The average Bonchev–Trinajstić information content (AvgIpc) is 3.10. The number of amides is 4. The van der Waals surface area contributed by atoms with Gasteiger partial charge in [0.1, 0.15) is 6.04 Å². The van der Waals surface area contributed by atoms with E-state index in [9.17, 15) is 14.4 Å². The second-order valence-corrected chi connectivity index (χ2v) is 11.6. The smallest absolute Gasteiger partial charge is 0.333 e. The van der Waals surface area contributed by atoms with Gasteiger partial charge in [-0.15, -0.1) is 6.42 Å². The Morgan fingerprint density at radius 3 is 2.47 bits per heavy atom. The lowest BCUT2D eigenvalue weighted by atomic mass is 10.0. The number of fused-ring (bicyclic) bond motifs is 1. The van der Waals surface area contributed by atoms with Gasteiger partial charge in [-0.1, -0.05) is 108 Å². The average molecular weight is 643 g/mol. The van der Waals surface area contributed by atoms with Crippen LogP contribution in [0.4, 0.5) is 4.79 Å². The van der Waals surface area contributed by atoms with Crippen LogP contribution in [0.15, 0.2) is 91.0 Å². The highest BCUT2D eigenvalue weighted by Crippen LogP contribution is 2.23. The lowest BCUT2D eigenvalue weighted by Gasteiger charge is -2.34. The van der Waals surface area contributed by atoms with Gasteiger partial charge in [0.2, 0.25) is 11.8 Å². The third kappa shape index (κ3) is 8.14. The standard InChI is InChI=1S/C35H33Cl2N5O3/c1-2-17-42(35(45)38-22-26-15-16-30(36)31(37)20-26)41-19-18-40(23-28-13-8-12-27-11-6-7-14-29(27)28)34(44)32(39-33(43)24-41)21-25-9-4-3-5-10-25/h1,3-16,20,32H,17-19,21-24H2,(H,38,45)(H,39,43)/t32-/m0/s1. The largest absolute Gasteiger partial charge is 0.343 e. The molecule has 4 aromatic carbocycles. The van der Waals surface area contributed by atoms with Gasteiger partial charge in [0.05, 0.1) is 23.1 Å². The van der Waals surface area contributed by atoms with Gasteiger partial charge < -0.3 is 15.5 Å². The van der Waals surface area contributed by atoms with Gasteiger partial charge in [0.15, 0.2) is 0 Å². The van der Waals surface area contributed by atoms with Crippen LogP contribution in [0, 0.1) is 12.3 Å². The molecule has 8 nitrogen and oxygen atoms in total. The van der Waals surface area contributed by atoms with Crippen LogP contribution in [0.3, 0.4) is 0 Å². The molecule has 0 saturated carbocycles. The maximum Gasteiger partial charge on any atom is 0.333 e. The highest BCUT2D eigenvalue weighted by molar-refractivity contribution is 6.42. The zero-order chi connectivity index (χ0) is 31.8. The minimum absolute atomic E-state index is 0.0782. The van der Waals surface area contributed by atoms with Crippen molar-refractivity contribution in [2.75, 3.05) is 26.2 Å². The quantitative estimate of drug-likeness (QED) is 0.257. The van der Waals surface area contributed by atoms with E-state index in [1.807, 2.05) is 72.8 Å². The van der Waals surface area contributed by atoms with Crippen molar-refractivity contribution >= 4 is 51.8 Å². The number of nitrogens with one attached hydrogen (secondary N) is 2. The van der Waals surface area contributed by atoms with Crippen LogP contribution in [0.5, 0.6) is 0 Å². The monoisotopic (exact) mass is 641 g/mol. The Morgan fingerprint density at radius 1 is 0.933 bits per heavy atom. The lowest BCUT2D eigenvalue weighted by molar-refractivity contribution is -0.136. The summed E-state index contributed by atoms with van der Waals surface area (Å²) in [5.41, 5.74) is 2.65. The molecule has 4 amide bonds. The minimum Gasteiger partial charge on any atom is -0.343 e. The molecule has 1 saturated heterocycles. The fraction of sp³-hybridized carbons (Fsp3) is 0.229. The number of halogens is 2. The molecule has 0 radical (unpaired) electrons. The fourth-order valence-corrected chi connectivity index (χ4v) is 5.73. The molecule has 230 valence electrons. The van der Waals surface area contributed by atoms with Crippen LogP contribution in [0.2, 0.25) is 10.0 Å². The third-order valence-electron chi connectivity index (χ3n) is 7.67. The maximum absolute atomic E-state index is 14.1. The van der Waals surface area contributed by atoms with Crippen molar-refractivity contribution < 1.29 is 14.4 Å². The van der Waals surface area contributed by atoms with Crippen molar-refractivity contribution in [3.63, 3.8) is 0 Å². The van der Waals surface area contributed by atoms with Crippen molar-refractivity contribution in [1.82, 2.24) is 25.6 Å². The molecule has 0 aliphatic carbocycles. The van der Waals surface area contributed by atoms with Gasteiger partial charge in [0, 0.05) is 32.6 Å². The molecule has 0 bridgehead atoms. The number of rotatable bonds is 8. The molecular formula is C35H33Cl2N5O3. The predicted molar refractivity (Wildman–Crippen MR) is 177 cm³/mol. The van der Waals surface area contributed by atoms with Gasteiger partial charge in [-0.2, -0.15) is 0 Å². The summed E-state index contributed by atoms with van der Waals surface area (Å²) in [4.78, 5) is 42.7. The molecule has 4 aromatic rings. The van der Waals surface area contributed by atoms with Crippen molar-refractivity contribution in [3.8, 4) is 12.3 Å². The van der Waals surface area contributed by atoms with Gasteiger partial charge in [-0.25, -0.2) is 14.8 Å². The zero-order valence-electron chi connectivity index (χ0n) is 24.6. The Hall–Kier alpha value is -4.55. The fourth-order valence-electron chi connectivity index (χ4n) is 5.41. The number of benzene rings is 4. The van der Waals surface area contributed by atoms with Gasteiger partial charge in [-0.3, -0.25) is 9.59 Å². The molecular weight excluding hydrogens is 609 g/mol. The Morgan fingerprint density at radius 2 is 1.69 bits per heavy atom. The van der Waals surface area contributed by atoms with E-state index in [1.54, 1.807) is 28.1 Å². The molecule has 5 rings (SSSR count). The highest BCUT2D eigenvalue weighted by Gasteiger charge is 2.32. The molecule has 1 fully saturated rings.